The van der Waals surface area contributed by atoms with Crippen LogP contribution in [0.5, 0.6) is 0 Å². The number of hydrogen-bond acceptors (Lipinski definition) is 3. The van der Waals surface area contributed by atoms with Gasteiger partial charge in [-0.15, -0.1) is 0 Å². The Morgan fingerprint density at radius 3 is 2.65 bits per heavy atom. The predicted octanol–water partition coefficient (Wildman–Crippen LogP) is 2.88. The molecule has 3 nitrogen and oxygen atoms in total. The van der Waals surface area contributed by atoms with Crippen LogP contribution >= 0.6 is 0 Å². The van der Waals surface area contributed by atoms with Gasteiger partial charge in [-0.25, -0.2) is 0 Å². The lowest BCUT2D eigenvalue weighted by atomic mass is 9.61. The van der Waals surface area contributed by atoms with E-state index in [9.17, 15) is 4.79 Å². The van der Waals surface area contributed by atoms with Gasteiger partial charge >= 0.3 is 5.97 Å². The van der Waals surface area contributed by atoms with Gasteiger partial charge in [-0.05, 0) is 25.2 Å². The van der Waals surface area contributed by atoms with Crippen LogP contribution in [0.25, 0.3) is 0 Å². The maximum atomic E-state index is 12.2. The Labute approximate surface area is 103 Å². The Hall–Kier alpha value is -0.570. The lowest BCUT2D eigenvalue weighted by molar-refractivity contribution is -0.375. The molecule has 0 aromatic heterocycles. The third-order valence-corrected chi connectivity index (χ3v) is 5.25. The van der Waals surface area contributed by atoms with Crippen molar-refractivity contribution in [1.29, 1.82) is 0 Å². The van der Waals surface area contributed by atoms with Crippen LogP contribution in [-0.2, 0) is 14.3 Å². The summed E-state index contributed by atoms with van der Waals surface area (Å²) in [5.41, 5.74) is -0.373. The smallest absolute Gasteiger partial charge is 0.314 e. The molecular formula is C14H22O3. The first-order valence-corrected chi connectivity index (χ1v) is 6.71. The zero-order valence-corrected chi connectivity index (χ0v) is 11.2. The van der Waals surface area contributed by atoms with E-state index in [-0.39, 0.29) is 22.9 Å². The average molecular weight is 238 g/mol. The second-order valence-electron chi connectivity index (χ2n) is 7.05. The molecule has 3 rings (SSSR count). The number of cyclic esters (lactones) is 1. The van der Waals surface area contributed by atoms with Crippen LogP contribution in [0.2, 0.25) is 0 Å². The van der Waals surface area contributed by atoms with Crippen molar-refractivity contribution in [3.8, 4) is 0 Å². The molecule has 0 N–H and O–H groups in total. The molecule has 2 saturated carbocycles. The van der Waals surface area contributed by atoms with Gasteiger partial charge in [-0.3, -0.25) is 4.79 Å². The topological polar surface area (TPSA) is 35.5 Å². The molecule has 1 saturated heterocycles. The van der Waals surface area contributed by atoms with E-state index in [1.54, 1.807) is 0 Å². The average Bonchev–Trinajstić information content (AvgIpc) is 2.44. The van der Waals surface area contributed by atoms with E-state index in [1.165, 1.54) is 12.8 Å². The Kier molecular flexibility index (Phi) is 2.07. The van der Waals surface area contributed by atoms with Gasteiger partial charge in [0.2, 0.25) is 5.79 Å². The zero-order valence-electron chi connectivity index (χ0n) is 11.2. The number of ether oxygens (including phenoxy) is 2. The van der Waals surface area contributed by atoms with Crippen molar-refractivity contribution in [3.05, 3.63) is 0 Å². The van der Waals surface area contributed by atoms with E-state index < -0.39 is 5.79 Å². The molecule has 0 aromatic carbocycles. The Morgan fingerprint density at radius 1 is 1.35 bits per heavy atom. The van der Waals surface area contributed by atoms with Gasteiger partial charge in [-0.1, -0.05) is 27.2 Å². The first-order chi connectivity index (χ1) is 7.79. The second kappa shape index (κ2) is 3.05. The molecule has 1 heterocycles. The van der Waals surface area contributed by atoms with Gasteiger partial charge in [0.05, 0.1) is 11.5 Å². The first kappa shape index (κ1) is 11.5. The molecule has 0 bridgehead atoms. The maximum absolute atomic E-state index is 12.2. The molecule has 4 atom stereocenters. The van der Waals surface area contributed by atoms with Gasteiger partial charge in [0.25, 0.3) is 0 Å². The van der Waals surface area contributed by atoms with Crippen LogP contribution in [0.3, 0.4) is 0 Å². The molecule has 0 aromatic rings. The molecule has 3 fully saturated rings. The fourth-order valence-corrected chi connectivity index (χ4v) is 3.63. The van der Waals surface area contributed by atoms with E-state index in [0.29, 0.717) is 5.92 Å². The van der Waals surface area contributed by atoms with Crippen molar-refractivity contribution in [2.75, 3.05) is 0 Å². The quantitative estimate of drug-likeness (QED) is 0.609. The Bertz CT molecular complexity index is 370. The zero-order chi connectivity index (χ0) is 12.5. The lowest BCUT2D eigenvalue weighted by Crippen LogP contribution is -2.68. The van der Waals surface area contributed by atoms with Crippen molar-refractivity contribution in [2.45, 2.75) is 64.8 Å². The molecule has 17 heavy (non-hydrogen) atoms. The number of rotatable bonds is 0. The summed E-state index contributed by atoms with van der Waals surface area (Å²) in [6.45, 7) is 8.13. The number of carbonyl (C=O) groups excluding carboxylic acids is 1. The van der Waals surface area contributed by atoms with E-state index >= 15 is 0 Å². The molecular weight excluding hydrogens is 216 g/mol. The SMILES string of the molecule is CC(C)(C)[C@@]1(C)OC(=O)[C@@H]2C[C@H]3CCC[C@]32O1. The molecule has 3 heteroatoms. The lowest BCUT2D eigenvalue weighted by Gasteiger charge is -2.60. The molecule has 2 aliphatic carbocycles. The predicted molar refractivity (Wildman–Crippen MR) is 63.2 cm³/mol. The van der Waals surface area contributed by atoms with Crippen LogP contribution in [0.15, 0.2) is 0 Å². The van der Waals surface area contributed by atoms with Crippen LogP contribution in [-0.4, -0.2) is 17.4 Å². The molecule has 0 amide bonds. The van der Waals surface area contributed by atoms with Crippen molar-refractivity contribution in [2.24, 2.45) is 17.3 Å². The normalized spacial score (nSPS) is 49.1. The summed E-state index contributed by atoms with van der Waals surface area (Å²) in [7, 11) is 0. The monoisotopic (exact) mass is 238 g/mol. The standard InChI is InChI=1S/C14H22O3/c1-12(2,3)13(4)16-11(15)10-8-9-6-5-7-14(9,10)17-13/h9-10H,5-8H2,1-4H3/t9-,10+,13+,14+/m1/s1. The van der Waals surface area contributed by atoms with E-state index in [1.807, 2.05) is 6.92 Å². The minimum absolute atomic E-state index is 0.00502. The minimum Gasteiger partial charge on any atom is -0.432 e. The fourth-order valence-electron chi connectivity index (χ4n) is 3.63. The number of hydrogen-bond donors (Lipinski definition) is 0. The first-order valence-electron chi connectivity index (χ1n) is 6.71. The molecule has 3 aliphatic rings. The fraction of sp³-hybridized carbons (Fsp3) is 0.929. The molecule has 1 aliphatic heterocycles. The summed E-state index contributed by atoms with van der Waals surface area (Å²) in [6.07, 6.45) is 4.40. The highest BCUT2D eigenvalue weighted by molar-refractivity contribution is 5.77. The summed E-state index contributed by atoms with van der Waals surface area (Å²) in [5.74, 6) is -0.219. The van der Waals surface area contributed by atoms with Crippen LogP contribution in [0.4, 0.5) is 0 Å². The summed E-state index contributed by atoms with van der Waals surface area (Å²) < 4.78 is 12.0. The Balaban J connectivity index is 1.95. The highest BCUT2D eigenvalue weighted by Crippen LogP contribution is 2.62. The maximum Gasteiger partial charge on any atom is 0.314 e. The highest BCUT2D eigenvalue weighted by atomic mass is 16.7. The van der Waals surface area contributed by atoms with Crippen molar-refractivity contribution < 1.29 is 14.3 Å². The number of carbonyl (C=O) groups is 1. The molecule has 1 spiro atoms. The van der Waals surface area contributed by atoms with Gasteiger partial charge < -0.3 is 9.47 Å². The van der Waals surface area contributed by atoms with E-state index in [0.717, 1.165) is 12.8 Å². The van der Waals surface area contributed by atoms with Gasteiger partial charge in [0.1, 0.15) is 0 Å². The summed E-state index contributed by atoms with van der Waals surface area (Å²) in [6, 6.07) is 0. The van der Waals surface area contributed by atoms with E-state index in [2.05, 4.69) is 20.8 Å². The Morgan fingerprint density at radius 2 is 2.06 bits per heavy atom. The highest BCUT2D eigenvalue weighted by Gasteiger charge is 2.69. The van der Waals surface area contributed by atoms with Gasteiger partial charge in [0, 0.05) is 12.3 Å². The summed E-state index contributed by atoms with van der Waals surface area (Å²) >= 11 is 0. The number of esters is 1. The third kappa shape index (κ3) is 1.29. The van der Waals surface area contributed by atoms with Crippen LogP contribution in [0, 0.1) is 17.3 Å². The largest absolute Gasteiger partial charge is 0.432 e. The molecule has 96 valence electrons. The molecule has 0 unspecified atom stereocenters. The summed E-state index contributed by atoms with van der Waals surface area (Å²) in [5, 5.41) is 0. The van der Waals surface area contributed by atoms with E-state index in [4.69, 9.17) is 9.47 Å². The van der Waals surface area contributed by atoms with Crippen LogP contribution in [0.1, 0.15) is 53.4 Å². The van der Waals surface area contributed by atoms with Crippen molar-refractivity contribution in [3.63, 3.8) is 0 Å². The minimum atomic E-state index is -0.774. The molecule has 0 radical (unpaired) electrons. The van der Waals surface area contributed by atoms with Crippen molar-refractivity contribution >= 4 is 5.97 Å². The van der Waals surface area contributed by atoms with Gasteiger partial charge in [-0.2, -0.15) is 0 Å². The van der Waals surface area contributed by atoms with Gasteiger partial charge in [0.15, 0.2) is 0 Å². The second-order valence-corrected chi connectivity index (χ2v) is 7.05. The van der Waals surface area contributed by atoms with Crippen molar-refractivity contribution in [1.82, 2.24) is 0 Å². The third-order valence-electron chi connectivity index (χ3n) is 5.25. The summed E-state index contributed by atoms with van der Waals surface area (Å²) in [4.78, 5) is 12.2. The van der Waals surface area contributed by atoms with Crippen LogP contribution < -0.4 is 0 Å².